The van der Waals surface area contributed by atoms with Crippen molar-refractivity contribution in [3.8, 4) is 0 Å². The smallest absolute Gasteiger partial charge is 0.210 e. The lowest BCUT2D eigenvalue weighted by Gasteiger charge is -2.10. The van der Waals surface area contributed by atoms with Gasteiger partial charge in [-0.2, -0.15) is 0 Å². The third kappa shape index (κ3) is 4.58. The van der Waals surface area contributed by atoms with Gasteiger partial charge in [0.1, 0.15) is 5.82 Å². The van der Waals surface area contributed by atoms with E-state index >= 15 is 0 Å². The predicted octanol–water partition coefficient (Wildman–Crippen LogP) is 2.37. The van der Waals surface area contributed by atoms with Crippen LogP contribution < -0.4 is 16.6 Å². The Hall–Kier alpha value is -1.33. The molecule has 4 N–H and O–H groups in total. The van der Waals surface area contributed by atoms with Crippen LogP contribution in [0.15, 0.2) is 23.2 Å². The Morgan fingerprint density at radius 1 is 1.53 bits per heavy atom. The van der Waals surface area contributed by atoms with Gasteiger partial charge in [0.05, 0.1) is 5.02 Å². The van der Waals surface area contributed by atoms with Gasteiger partial charge in [-0.3, -0.25) is 10.4 Å². The maximum atomic E-state index is 13.2. The summed E-state index contributed by atoms with van der Waals surface area (Å²) in [5, 5.41) is 2.95. The van der Waals surface area contributed by atoms with Crippen molar-refractivity contribution in [2.45, 2.75) is 13.8 Å². The molecule has 0 radical (unpaired) electrons. The topological polar surface area (TPSA) is 62.4 Å². The number of hydrazine groups is 1. The van der Waals surface area contributed by atoms with Crippen molar-refractivity contribution in [3.05, 3.63) is 29.0 Å². The van der Waals surface area contributed by atoms with Crippen LogP contribution in [0, 0.1) is 11.7 Å². The first-order valence-corrected chi connectivity index (χ1v) is 5.64. The molecular formula is C11H16ClFN4. The van der Waals surface area contributed by atoms with Gasteiger partial charge in [0.2, 0.25) is 5.96 Å². The zero-order valence-corrected chi connectivity index (χ0v) is 10.6. The molecule has 0 heterocycles. The molecule has 0 aliphatic rings. The van der Waals surface area contributed by atoms with E-state index in [1.807, 2.05) is 13.8 Å². The van der Waals surface area contributed by atoms with E-state index in [1.165, 1.54) is 12.1 Å². The Morgan fingerprint density at radius 3 is 2.76 bits per heavy atom. The van der Waals surface area contributed by atoms with Gasteiger partial charge in [0.25, 0.3) is 0 Å². The zero-order chi connectivity index (χ0) is 12.8. The number of anilines is 1. The van der Waals surface area contributed by atoms with Crippen LogP contribution in [-0.2, 0) is 0 Å². The molecule has 0 unspecified atom stereocenters. The Bertz CT molecular complexity index is 406. The number of benzene rings is 1. The fraction of sp³-hybridized carbons (Fsp3) is 0.364. The number of guanidine groups is 1. The van der Waals surface area contributed by atoms with Crippen molar-refractivity contribution in [2.24, 2.45) is 16.8 Å². The Labute approximate surface area is 105 Å². The summed E-state index contributed by atoms with van der Waals surface area (Å²) in [6, 6.07) is 4.40. The summed E-state index contributed by atoms with van der Waals surface area (Å²) in [6.45, 7) is 4.71. The highest BCUT2D eigenvalue weighted by molar-refractivity contribution is 6.30. The molecule has 0 spiro atoms. The summed E-state index contributed by atoms with van der Waals surface area (Å²) in [5.74, 6) is 5.63. The molecule has 0 aliphatic carbocycles. The first-order chi connectivity index (χ1) is 8.02. The molecule has 0 bridgehead atoms. The SMILES string of the molecule is CC(C)CN=C(NN)Nc1ccc(Cl)c(F)c1. The normalized spacial score (nSPS) is 11.8. The molecule has 0 amide bonds. The molecule has 0 atom stereocenters. The molecule has 0 aromatic heterocycles. The standard InChI is InChI=1S/C11H16ClFN4/c1-7(2)6-15-11(17-14)16-8-3-4-9(12)10(13)5-8/h3-5,7H,6,14H2,1-2H3,(H2,15,16,17). The Kier molecular flexibility index (Phi) is 5.18. The van der Waals surface area contributed by atoms with Crippen molar-refractivity contribution in [1.29, 1.82) is 0 Å². The van der Waals surface area contributed by atoms with Gasteiger partial charge in [-0.25, -0.2) is 10.2 Å². The van der Waals surface area contributed by atoms with Crippen LogP contribution in [-0.4, -0.2) is 12.5 Å². The largest absolute Gasteiger partial charge is 0.325 e. The van der Waals surface area contributed by atoms with Crippen molar-refractivity contribution in [1.82, 2.24) is 5.43 Å². The van der Waals surface area contributed by atoms with E-state index < -0.39 is 5.82 Å². The van der Waals surface area contributed by atoms with Gasteiger partial charge in [-0.1, -0.05) is 25.4 Å². The third-order valence-electron chi connectivity index (χ3n) is 1.93. The molecule has 4 nitrogen and oxygen atoms in total. The highest BCUT2D eigenvalue weighted by atomic mass is 35.5. The molecule has 1 rings (SSSR count). The lowest BCUT2D eigenvalue weighted by atomic mass is 10.2. The van der Waals surface area contributed by atoms with E-state index in [-0.39, 0.29) is 5.02 Å². The van der Waals surface area contributed by atoms with Gasteiger partial charge in [0.15, 0.2) is 0 Å². The van der Waals surface area contributed by atoms with E-state index in [0.29, 0.717) is 24.1 Å². The van der Waals surface area contributed by atoms with Crippen LogP contribution in [0.3, 0.4) is 0 Å². The number of aliphatic imine (C=N–C) groups is 1. The zero-order valence-electron chi connectivity index (χ0n) is 9.80. The van der Waals surface area contributed by atoms with E-state index in [2.05, 4.69) is 15.7 Å². The second kappa shape index (κ2) is 6.42. The van der Waals surface area contributed by atoms with Gasteiger partial charge in [0, 0.05) is 12.2 Å². The minimum atomic E-state index is -0.489. The van der Waals surface area contributed by atoms with E-state index in [4.69, 9.17) is 17.4 Å². The second-order valence-electron chi connectivity index (χ2n) is 3.98. The number of nitrogens with one attached hydrogen (secondary N) is 2. The summed E-state index contributed by atoms with van der Waals surface area (Å²) in [7, 11) is 0. The van der Waals surface area contributed by atoms with Crippen molar-refractivity contribution in [2.75, 3.05) is 11.9 Å². The Morgan fingerprint density at radius 2 is 2.24 bits per heavy atom. The van der Waals surface area contributed by atoms with Crippen LogP contribution >= 0.6 is 11.6 Å². The predicted molar refractivity (Wildman–Crippen MR) is 69.5 cm³/mol. The molecule has 6 heteroatoms. The average molecular weight is 259 g/mol. The minimum Gasteiger partial charge on any atom is -0.325 e. The highest BCUT2D eigenvalue weighted by Crippen LogP contribution is 2.18. The van der Waals surface area contributed by atoms with Gasteiger partial charge in [-0.05, 0) is 24.1 Å². The summed E-state index contributed by atoms with van der Waals surface area (Å²) in [6.07, 6.45) is 0. The van der Waals surface area contributed by atoms with Crippen LogP contribution in [0.4, 0.5) is 10.1 Å². The van der Waals surface area contributed by atoms with E-state index in [1.54, 1.807) is 6.07 Å². The van der Waals surface area contributed by atoms with Gasteiger partial charge in [-0.15, -0.1) is 0 Å². The molecule has 1 aromatic rings. The first kappa shape index (κ1) is 13.7. The summed E-state index contributed by atoms with van der Waals surface area (Å²) in [5.41, 5.74) is 2.96. The maximum Gasteiger partial charge on any atom is 0.210 e. The number of rotatable bonds is 3. The summed E-state index contributed by atoms with van der Waals surface area (Å²) in [4.78, 5) is 4.20. The molecule has 17 heavy (non-hydrogen) atoms. The molecule has 0 aliphatic heterocycles. The van der Waals surface area contributed by atoms with Crippen LogP contribution in [0.25, 0.3) is 0 Å². The van der Waals surface area contributed by atoms with Gasteiger partial charge < -0.3 is 5.32 Å². The molecule has 94 valence electrons. The number of hydrogen-bond acceptors (Lipinski definition) is 2. The minimum absolute atomic E-state index is 0.0805. The molecule has 0 fully saturated rings. The number of halogens is 2. The lowest BCUT2D eigenvalue weighted by molar-refractivity contribution is 0.629. The fourth-order valence-electron chi connectivity index (χ4n) is 1.11. The maximum absolute atomic E-state index is 13.2. The number of nitrogens with zero attached hydrogens (tertiary/aromatic N) is 1. The third-order valence-corrected chi connectivity index (χ3v) is 2.24. The quantitative estimate of drug-likeness (QED) is 0.338. The van der Waals surface area contributed by atoms with Gasteiger partial charge >= 0.3 is 0 Å². The molecule has 0 saturated heterocycles. The van der Waals surface area contributed by atoms with Crippen LogP contribution in [0.5, 0.6) is 0 Å². The summed E-state index contributed by atoms with van der Waals surface area (Å²) >= 11 is 5.58. The molecule has 1 aromatic carbocycles. The van der Waals surface area contributed by atoms with Crippen molar-refractivity contribution in [3.63, 3.8) is 0 Å². The monoisotopic (exact) mass is 258 g/mol. The average Bonchev–Trinajstić information content (AvgIpc) is 2.28. The number of nitrogens with two attached hydrogens (primary N) is 1. The lowest BCUT2D eigenvalue weighted by Crippen LogP contribution is -2.36. The van der Waals surface area contributed by atoms with Crippen molar-refractivity contribution < 1.29 is 4.39 Å². The second-order valence-corrected chi connectivity index (χ2v) is 4.39. The fourth-order valence-corrected chi connectivity index (χ4v) is 1.22. The van der Waals surface area contributed by atoms with Crippen LogP contribution in [0.2, 0.25) is 5.02 Å². The Balaban J connectivity index is 2.73. The molecule has 0 saturated carbocycles. The summed E-state index contributed by atoms with van der Waals surface area (Å²) < 4.78 is 13.2. The number of hydrogen-bond donors (Lipinski definition) is 3. The van der Waals surface area contributed by atoms with E-state index in [0.717, 1.165) is 0 Å². The van der Waals surface area contributed by atoms with Crippen molar-refractivity contribution >= 4 is 23.2 Å². The van der Waals surface area contributed by atoms with E-state index in [9.17, 15) is 4.39 Å². The highest BCUT2D eigenvalue weighted by Gasteiger charge is 2.03. The van der Waals surface area contributed by atoms with Crippen LogP contribution in [0.1, 0.15) is 13.8 Å². The molecular weight excluding hydrogens is 243 g/mol. The first-order valence-electron chi connectivity index (χ1n) is 5.26.